The van der Waals surface area contributed by atoms with Gasteiger partial charge in [0.1, 0.15) is 12.2 Å². The molecule has 1 heterocycles. The van der Waals surface area contributed by atoms with Crippen LogP contribution in [0, 0.1) is 12.8 Å². The first-order valence-electron chi connectivity index (χ1n) is 8.30. The van der Waals surface area contributed by atoms with Crippen molar-refractivity contribution in [1.29, 1.82) is 0 Å². The zero-order chi connectivity index (χ0) is 18.0. The quantitative estimate of drug-likeness (QED) is 0.810. The van der Waals surface area contributed by atoms with Crippen LogP contribution < -0.4 is 5.32 Å². The molecule has 0 bridgehead atoms. The lowest BCUT2D eigenvalue weighted by Gasteiger charge is -2.34. The average Bonchev–Trinajstić information content (AvgIpc) is 2.85. The maximum atomic E-state index is 12.8. The van der Waals surface area contributed by atoms with E-state index in [1.807, 2.05) is 24.3 Å². The number of nitrogens with one attached hydrogen (secondary N) is 1. The number of aliphatic carboxylic acids is 1. The fourth-order valence-corrected chi connectivity index (χ4v) is 3.33. The first kappa shape index (κ1) is 17.5. The van der Waals surface area contributed by atoms with Crippen molar-refractivity contribution in [2.24, 2.45) is 5.92 Å². The van der Waals surface area contributed by atoms with Crippen LogP contribution >= 0.6 is 11.6 Å². The van der Waals surface area contributed by atoms with Crippen LogP contribution in [0.4, 0.5) is 0 Å². The van der Waals surface area contributed by atoms with E-state index in [1.54, 1.807) is 6.92 Å². The second kappa shape index (κ2) is 7.31. The molecule has 6 heteroatoms. The molecule has 5 nitrogen and oxygen atoms in total. The van der Waals surface area contributed by atoms with Crippen molar-refractivity contribution < 1.29 is 19.1 Å². The van der Waals surface area contributed by atoms with Gasteiger partial charge in [0.15, 0.2) is 0 Å². The largest absolute Gasteiger partial charge is 0.481 e. The Morgan fingerprint density at radius 3 is 2.56 bits per heavy atom. The van der Waals surface area contributed by atoms with Crippen molar-refractivity contribution >= 4 is 23.5 Å². The van der Waals surface area contributed by atoms with Gasteiger partial charge >= 0.3 is 5.97 Å². The van der Waals surface area contributed by atoms with Crippen molar-refractivity contribution in [3.63, 3.8) is 0 Å². The number of aryl methyl sites for hydroxylation is 1. The summed E-state index contributed by atoms with van der Waals surface area (Å²) in [4.78, 5) is 23.8. The molecule has 0 saturated heterocycles. The van der Waals surface area contributed by atoms with Crippen molar-refractivity contribution in [1.82, 2.24) is 5.32 Å². The topological polar surface area (TPSA) is 79.5 Å². The van der Waals surface area contributed by atoms with E-state index in [-0.39, 0.29) is 24.1 Å². The summed E-state index contributed by atoms with van der Waals surface area (Å²) in [6.07, 6.45) is 4.37. The Morgan fingerprint density at radius 2 is 2.00 bits per heavy atom. The summed E-state index contributed by atoms with van der Waals surface area (Å²) >= 11 is 5.97. The molecule has 1 aromatic heterocycles. The van der Waals surface area contributed by atoms with Gasteiger partial charge in [0, 0.05) is 10.6 Å². The highest BCUT2D eigenvalue weighted by molar-refractivity contribution is 6.30. The second-order valence-electron chi connectivity index (χ2n) is 6.48. The number of rotatable bonds is 6. The van der Waals surface area contributed by atoms with E-state index in [1.165, 1.54) is 6.26 Å². The molecule has 1 amide bonds. The second-order valence-corrected chi connectivity index (χ2v) is 6.92. The predicted octanol–water partition coefficient (Wildman–Crippen LogP) is 4.14. The van der Waals surface area contributed by atoms with Gasteiger partial charge in [0.05, 0.1) is 17.9 Å². The highest BCUT2D eigenvalue weighted by atomic mass is 35.5. The molecule has 0 aliphatic heterocycles. The molecule has 0 radical (unpaired) electrons. The van der Waals surface area contributed by atoms with E-state index in [0.717, 1.165) is 24.8 Å². The van der Waals surface area contributed by atoms with Gasteiger partial charge in [-0.2, -0.15) is 0 Å². The fourth-order valence-electron chi connectivity index (χ4n) is 3.20. The van der Waals surface area contributed by atoms with Gasteiger partial charge in [-0.25, -0.2) is 0 Å². The van der Waals surface area contributed by atoms with Crippen LogP contribution in [-0.2, 0) is 11.2 Å². The number of halogens is 1. The normalized spacial score (nSPS) is 15.4. The van der Waals surface area contributed by atoms with Gasteiger partial charge < -0.3 is 14.8 Å². The van der Waals surface area contributed by atoms with Gasteiger partial charge in [-0.15, -0.1) is 0 Å². The Hall–Kier alpha value is -2.27. The van der Waals surface area contributed by atoms with Crippen LogP contribution in [0.2, 0.25) is 5.02 Å². The van der Waals surface area contributed by atoms with E-state index < -0.39 is 5.97 Å². The molecule has 132 valence electrons. The maximum Gasteiger partial charge on any atom is 0.311 e. The Bertz CT molecular complexity index is 777. The molecule has 1 aliphatic rings. The number of carbonyl (C=O) groups is 2. The standard InChI is InChI=1S/C19H20ClNO4/c1-11-10-25-15(9-16(22)23)17(11)19(24)21-18(12-3-2-4-12)13-5-7-14(20)8-6-13/h5-8,10,12,18H,2-4,9H2,1H3,(H,21,24)(H,22,23). The molecule has 1 aromatic carbocycles. The van der Waals surface area contributed by atoms with Gasteiger partial charge in [-0.3, -0.25) is 9.59 Å². The molecular weight excluding hydrogens is 342 g/mol. The summed E-state index contributed by atoms with van der Waals surface area (Å²) in [5, 5.41) is 12.7. The summed E-state index contributed by atoms with van der Waals surface area (Å²) in [7, 11) is 0. The third-order valence-electron chi connectivity index (χ3n) is 4.73. The Labute approximate surface area is 151 Å². The van der Waals surface area contributed by atoms with Crippen molar-refractivity contribution in [2.45, 2.75) is 38.6 Å². The molecular formula is C19H20ClNO4. The first-order valence-corrected chi connectivity index (χ1v) is 8.68. The third kappa shape index (κ3) is 3.87. The van der Waals surface area contributed by atoms with Crippen molar-refractivity contribution in [3.8, 4) is 0 Å². The Kier molecular flexibility index (Phi) is 5.13. The van der Waals surface area contributed by atoms with E-state index in [2.05, 4.69) is 5.32 Å². The predicted molar refractivity (Wildman–Crippen MR) is 93.8 cm³/mol. The lowest BCUT2D eigenvalue weighted by molar-refractivity contribution is -0.136. The molecule has 3 rings (SSSR count). The van der Waals surface area contributed by atoms with Crippen LogP contribution in [0.5, 0.6) is 0 Å². The van der Waals surface area contributed by atoms with Crippen LogP contribution in [-0.4, -0.2) is 17.0 Å². The van der Waals surface area contributed by atoms with E-state index in [9.17, 15) is 9.59 Å². The SMILES string of the molecule is Cc1coc(CC(=O)O)c1C(=O)NC(c1ccc(Cl)cc1)C1CCC1. The third-order valence-corrected chi connectivity index (χ3v) is 4.98. The number of carboxylic acids is 1. The van der Waals surface area contributed by atoms with E-state index >= 15 is 0 Å². The number of benzene rings is 1. The molecule has 2 N–H and O–H groups in total. The van der Waals surface area contributed by atoms with Crippen LogP contribution in [0.15, 0.2) is 34.9 Å². The molecule has 1 aliphatic carbocycles. The van der Waals surface area contributed by atoms with Crippen molar-refractivity contribution in [3.05, 3.63) is 58.0 Å². The summed E-state index contributed by atoms with van der Waals surface area (Å²) in [6.45, 7) is 1.74. The summed E-state index contributed by atoms with van der Waals surface area (Å²) in [5.74, 6) is -0.766. The molecule has 25 heavy (non-hydrogen) atoms. The van der Waals surface area contributed by atoms with E-state index in [0.29, 0.717) is 22.1 Å². The molecule has 1 fully saturated rings. The zero-order valence-electron chi connectivity index (χ0n) is 13.9. The molecule has 1 unspecified atom stereocenters. The molecule has 2 aromatic rings. The number of hydrogen-bond donors (Lipinski definition) is 2. The number of carboxylic acid groups (broad SMARTS) is 1. The van der Waals surface area contributed by atoms with E-state index in [4.69, 9.17) is 21.1 Å². The highest BCUT2D eigenvalue weighted by Crippen LogP contribution is 2.38. The molecule has 0 spiro atoms. The number of furan rings is 1. The maximum absolute atomic E-state index is 12.8. The number of carbonyl (C=O) groups excluding carboxylic acids is 1. The summed E-state index contributed by atoms with van der Waals surface area (Å²) < 4.78 is 5.27. The van der Waals surface area contributed by atoms with Crippen LogP contribution in [0.25, 0.3) is 0 Å². The minimum atomic E-state index is -1.03. The number of hydrogen-bond acceptors (Lipinski definition) is 3. The fraction of sp³-hybridized carbons (Fsp3) is 0.368. The average molecular weight is 362 g/mol. The smallest absolute Gasteiger partial charge is 0.311 e. The lowest BCUT2D eigenvalue weighted by Crippen LogP contribution is -2.36. The minimum Gasteiger partial charge on any atom is -0.481 e. The molecule has 1 atom stereocenters. The van der Waals surface area contributed by atoms with Gasteiger partial charge in [0.25, 0.3) is 5.91 Å². The lowest BCUT2D eigenvalue weighted by atomic mass is 9.77. The number of amides is 1. The van der Waals surface area contributed by atoms with Crippen LogP contribution in [0.1, 0.15) is 52.5 Å². The van der Waals surface area contributed by atoms with Crippen LogP contribution in [0.3, 0.4) is 0 Å². The summed E-state index contributed by atoms with van der Waals surface area (Å²) in [5.41, 5.74) is 1.96. The van der Waals surface area contributed by atoms with Gasteiger partial charge in [0.2, 0.25) is 0 Å². The Balaban J connectivity index is 1.85. The van der Waals surface area contributed by atoms with Gasteiger partial charge in [-0.05, 0) is 43.4 Å². The minimum absolute atomic E-state index is 0.120. The summed E-state index contributed by atoms with van der Waals surface area (Å²) in [6, 6.07) is 7.35. The highest BCUT2D eigenvalue weighted by Gasteiger charge is 2.31. The monoisotopic (exact) mass is 361 g/mol. The zero-order valence-corrected chi connectivity index (χ0v) is 14.7. The van der Waals surface area contributed by atoms with Crippen molar-refractivity contribution in [2.75, 3.05) is 0 Å². The van der Waals surface area contributed by atoms with Gasteiger partial charge in [-0.1, -0.05) is 30.2 Å². The molecule has 1 saturated carbocycles. The Morgan fingerprint density at radius 1 is 1.32 bits per heavy atom. The first-order chi connectivity index (χ1) is 12.0.